The molecule has 0 aliphatic carbocycles. The van der Waals surface area contributed by atoms with Gasteiger partial charge in [-0.2, -0.15) is 15.5 Å². The van der Waals surface area contributed by atoms with Gasteiger partial charge in [-0.05, 0) is 91.9 Å². The molecule has 3 rings (SSSR count). The van der Waals surface area contributed by atoms with E-state index in [-0.39, 0.29) is 5.97 Å². The molecule has 0 saturated carbocycles. The monoisotopic (exact) mass is 453 g/mol. The zero-order valence-corrected chi connectivity index (χ0v) is 20.2. The van der Waals surface area contributed by atoms with Crippen LogP contribution in [0, 0.1) is 25.2 Å². The number of rotatable bonds is 10. The highest BCUT2D eigenvalue weighted by Gasteiger charge is 2.13. The van der Waals surface area contributed by atoms with Gasteiger partial charge in [0.1, 0.15) is 5.75 Å². The summed E-state index contributed by atoms with van der Waals surface area (Å²) in [6.07, 6.45) is 7.30. The second-order valence-electron chi connectivity index (χ2n) is 8.44. The van der Waals surface area contributed by atoms with Crippen molar-refractivity contribution in [1.29, 1.82) is 5.26 Å². The minimum atomic E-state index is -0.371. The summed E-state index contributed by atoms with van der Waals surface area (Å²) in [6.45, 7) is 6.05. The van der Waals surface area contributed by atoms with Crippen molar-refractivity contribution < 1.29 is 9.53 Å². The average molecular weight is 454 g/mol. The quantitative estimate of drug-likeness (QED) is 0.134. The van der Waals surface area contributed by atoms with E-state index in [0.29, 0.717) is 28.3 Å². The van der Waals surface area contributed by atoms with E-state index in [1.165, 1.54) is 37.7 Å². The van der Waals surface area contributed by atoms with E-state index < -0.39 is 0 Å². The van der Waals surface area contributed by atoms with Crippen molar-refractivity contribution in [3.8, 4) is 11.8 Å². The van der Waals surface area contributed by atoms with E-state index >= 15 is 0 Å². The number of esters is 1. The standard InChI is InChI=1S/C29H31N3O2/c1-4-5-6-7-8-9-23-10-14-25(15-11-23)29(33)34-28-19-18-27(21(2)22(28)3)32-31-26-16-12-24(20-30)13-17-26/h10-19H,4-9H2,1-3H3. The zero-order valence-electron chi connectivity index (χ0n) is 20.2. The molecule has 0 bridgehead atoms. The highest BCUT2D eigenvalue weighted by Crippen LogP contribution is 2.31. The molecular formula is C29H31N3O2. The molecule has 3 aromatic rings. The van der Waals surface area contributed by atoms with Gasteiger partial charge in [0.15, 0.2) is 0 Å². The number of hydrogen-bond acceptors (Lipinski definition) is 5. The van der Waals surface area contributed by atoms with Gasteiger partial charge < -0.3 is 4.74 Å². The lowest BCUT2D eigenvalue weighted by molar-refractivity contribution is 0.0733. The maximum atomic E-state index is 12.7. The van der Waals surface area contributed by atoms with Crippen molar-refractivity contribution in [2.24, 2.45) is 10.2 Å². The van der Waals surface area contributed by atoms with Crippen molar-refractivity contribution in [3.63, 3.8) is 0 Å². The van der Waals surface area contributed by atoms with Crippen LogP contribution in [0.2, 0.25) is 0 Å². The summed E-state index contributed by atoms with van der Waals surface area (Å²) in [5.41, 5.74) is 5.46. The number of azo groups is 1. The van der Waals surface area contributed by atoms with Gasteiger partial charge in [-0.3, -0.25) is 0 Å². The molecule has 0 spiro atoms. The van der Waals surface area contributed by atoms with Crippen LogP contribution in [0.4, 0.5) is 11.4 Å². The fraction of sp³-hybridized carbons (Fsp3) is 0.310. The average Bonchev–Trinajstić information content (AvgIpc) is 2.87. The lowest BCUT2D eigenvalue weighted by Gasteiger charge is -2.11. The minimum absolute atomic E-state index is 0.371. The predicted octanol–water partition coefficient (Wildman–Crippen LogP) is 8.32. The highest BCUT2D eigenvalue weighted by molar-refractivity contribution is 5.91. The lowest BCUT2D eigenvalue weighted by Crippen LogP contribution is -2.09. The lowest BCUT2D eigenvalue weighted by atomic mass is 10.0. The fourth-order valence-corrected chi connectivity index (χ4v) is 3.61. The van der Waals surface area contributed by atoms with Crippen molar-refractivity contribution in [2.45, 2.75) is 59.3 Å². The third-order valence-corrected chi connectivity index (χ3v) is 5.94. The molecule has 5 heteroatoms. The topological polar surface area (TPSA) is 74.8 Å². The first-order chi connectivity index (χ1) is 16.5. The van der Waals surface area contributed by atoms with Crippen molar-refractivity contribution in [2.75, 3.05) is 0 Å². The van der Waals surface area contributed by atoms with Crippen LogP contribution in [0.5, 0.6) is 5.75 Å². The third kappa shape index (κ3) is 6.86. The van der Waals surface area contributed by atoms with Crippen molar-refractivity contribution >= 4 is 17.3 Å². The Balaban J connectivity index is 1.61. The van der Waals surface area contributed by atoms with Gasteiger partial charge in [-0.1, -0.05) is 44.7 Å². The van der Waals surface area contributed by atoms with E-state index in [9.17, 15) is 4.79 Å². The van der Waals surface area contributed by atoms with Crippen LogP contribution in [0.15, 0.2) is 70.9 Å². The third-order valence-electron chi connectivity index (χ3n) is 5.94. The first-order valence-electron chi connectivity index (χ1n) is 11.8. The van der Waals surface area contributed by atoms with Crippen LogP contribution in [0.3, 0.4) is 0 Å². The van der Waals surface area contributed by atoms with Gasteiger partial charge in [-0.15, -0.1) is 0 Å². The van der Waals surface area contributed by atoms with Crippen LogP contribution in [0.25, 0.3) is 0 Å². The van der Waals surface area contributed by atoms with E-state index in [1.807, 2.05) is 38.1 Å². The summed E-state index contributed by atoms with van der Waals surface area (Å²) in [7, 11) is 0. The Morgan fingerprint density at radius 2 is 1.56 bits per heavy atom. The summed E-state index contributed by atoms with van der Waals surface area (Å²) in [5.74, 6) is 0.142. The van der Waals surface area contributed by atoms with E-state index in [1.54, 1.807) is 36.4 Å². The number of ether oxygens (including phenoxy) is 1. The molecule has 174 valence electrons. The number of unbranched alkanes of at least 4 members (excludes halogenated alkanes) is 4. The number of nitrogens with zero attached hydrogens (tertiary/aromatic N) is 3. The van der Waals surface area contributed by atoms with E-state index in [0.717, 1.165) is 17.5 Å². The highest BCUT2D eigenvalue weighted by atomic mass is 16.5. The molecule has 3 aromatic carbocycles. The Kier molecular flexibility index (Phi) is 9.11. The molecule has 0 amide bonds. The molecule has 0 fully saturated rings. The van der Waals surface area contributed by atoms with Crippen molar-refractivity contribution in [3.05, 3.63) is 88.5 Å². The first kappa shape index (κ1) is 24.9. The number of aryl methyl sites for hydroxylation is 1. The fourth-order valence-electron chi connectivity index (χ4n) is 3.61. The maximum Gasteiger partial charge on any atom is 0.343 e. The normalized spacial score (nSPS) is 10.9. The molecule has 0 heterocycles. The molecule has 0 aliphatic rings. The number of carbonyl (C=O) groups excluding carboxylic acids is 1. The van der Waals surface area contributed by atoms with Crippen LogP contribution >= 0.6 is 0 Å². The summed E-state index contributed by atoms with van der Waals surface area (Å²) in [6, 6.07) is 20.2. The van der Waals surface area contributed by atoms with Gasteiger partial charge in [-0.25, -0.2) is 4.79 Å². The Bertz CT molecular complexity index is 1170. The summed E-state index contributed by atoms with van der Waals surface area (Å²) < 4.78 is 5.68. The van der Waals surface area contributed by atoms with E-state index in [2.05, 4.69) is 23.2 Å². The SMILES string of the molecule is CCCCCCCc1ccc(C(=O)Oc2ccc(N=Nc3ccc(C#N)cc3)c(C)c2C)cc1. The number of hydrogen-bond donors (Lipinski definition) is 0. The second kappa shape index (κ2) is 12.5. The van der Waals surface area contributed by atoms with Gasteiger partial charge in [0.05, 0.1) is 28.6 Å². The van der Waals surface area contributed by atoms with Crippen LogP contribution in [0.1, 0.15) is 71.6 Å². The smallest absolute Gasteiger partial charge is 0.343 e. The van der Waals surface area contributed by atoms with Crippen LogP contribution < -0.4 is 4.74 Å². The van der Waals surface area contributed by atoms with Gasteiger partial charge >= 0.3 is 5.97 Å². The van der Waals surface area contributed by atoms with Crippen LogP contribution in [-0.2, 0) is 6.42 Å². The molecule has 0 atom stereocenters. The van der Waals surface area contributed by atoms with Crippen molar-refractivity contribution in [1.82, 2.24) is 0 Å². The second-order valence-corrected chi connectivity index (χ2v) is 8.44. The summed E-state index contributed by atoms with van der Waals surface area (Å²) in [5, 5.41) is 17.5. The van der Waals surface area contributed by atoms with Gasteiger partial charge in [0.2, 0.25) is 0 Å². The number of benzene rings is 3. The predicted molar refractivity (Wildman–Crippen MR) is 135 cm³/mol. The largest absolute Gasteiger partial charge is 0.423 e. The summed E-state index contributed by atoms with van der Waals surface area (Å²) in [4.78, 5) is 12.7. The number of carbonyl (C=O) groups is 1. The molecule has 0 unspecified atom stereocenters. The molecule has 0 saturated heterocycles. The zero-order chi connectivity index (χ0) is 24.3. The molecular weight excluding hydrogens is 422 g/mol. The molecule has 0 aliphatic heterocycles. The number of nitriles is 1. The van der Waals surface area contributed by atoms with E-state index in [4.69, 9.17) is 10.00 Å². The Hall–Kier alpha value is -3.78. The first-order valence-corrected chi connectivity index (χ1v) is 11.8. The molecule has 34 heavy (non-hydrogen) atoms. The molecule has 0 aromatic heterocycles. The summed E-state index contributed by atoms with van der Waals surface area (Å²) >= 11 is 0. The Labute approximate surface area is 202 Å². The molecule has 0 radical (unpaired) electrons. The minimum Gasteiger partial charge on any atom is -0.423 e. The van der Waals surface area contributed by atoms with Gasteiger partial charge in [0.25, 0.3) is 0 Å². The molecule has 5 nitrogen and oxygen atoms in total. The molecule has 0 N–H and O–H groups in total. The Morgan fingerprint density at radius 1 is 0.853 bits per heavy atom. The Morgan fingerprint density at radius 3 is 2.24 bits per heavy atom. The van der Waals surface area contributed by atoms with Gasteiger partial charge in [0, 0.05) is 0 Å². The maximum absolute atomic E-state index is 12.7. The van der Waals surface area contributed by atoms with Crippen LogP contribution in [-0.4, -0.2) is 5.97 Å².